The van der Waals surface area contributed by atoms with E-state index in [-0.39, 0.29) is 22.9 Å². The fraction of sp³-hybridized carbons (Fsp3) is 0.0588. The van der Waals surface area contributed by atoms with Gasteiger partial charge in [0.2, 0.25) is 0 Å². The predicted molar refractivity (Wildman–Crippen MR) is 87.9 cm³/mol. The van der Waals surface area contributed by atoms with Crippen molar-refractivity contribution in [2.24, 2.45) is 0 Å². The van der Waals surface area contributed by atoms with E-state index >= 15 is 0 Å². The second-order valence-corrected chi connectivity index (χ2v) is 5.42. The van der Waals surface area contributed by atoms with Gasteiger partial charge in [0.05, 0.1) is 11.6 Å². The monoisotopic (exact) mass is 346 g/mol. The zero-order valence-corrected chi connectivity index (χ0v) is 13.1. The van der Waals surface area contributed by atoms with Gasteiger partial charge in [-0.2, -0.15) is 0 Å². The molecule has 122 valence electrons. The molecule has 1 N–H and O–H groups in total. The molecule has 0 aliphatic carbocycles. The van der Waals surface area contributed by atoms with Crippen LogP contribution in [0.15, 0.2) is 63.9 Å². The molecule has 0 saturated carbocycles. The Labute approximate surface area is 141 Å². The number of hydrogen-bond acceptors (Lipinski definition) is 3. The average molecular weight is 347 g/mol. The van der Waals surface area contributed by atoms with E-state index in [1.54, 1.807) is 24.4 Å². The normalized spacial score (nSPS) is 10.6. The number of hydrogen-bond donors (Lipinski definition) is 1. The standard InChI is InChI=1S/C17H12ClFN2O3/c18-13-9-11(4-6-14(13)19)20-17(23)15-7-5-12(24-15)10-21-8-2-1-3-16(21)22/h1-9H,10H2,(H,20,23). The van der Waals surface area contributed by atoms with Gasteiger partial charge in [-0.15, -0.1) is 0 Å². The zero-order valence-electron chi connectivity index (χ0n) is 12.3. The highest BCUT2D eigenvalue weighted by atomic mass is 35.5. The number of pyridine rings is 1. The van der Waals surface area contributed by atoms with E-state index < -0.39 is 11.7 Å². The third-order valence-corrected chi connectivity index (χ3v) is 3.58. The van der Waals surface area contributed by atoms with Crippen LogP contribution in [0.2, 0.25) is 5.02 Å². The van der Waals surface area contributed by atoms with E-state index in [4.69, 9.17) is 16.0 Å². The molecule has 2 heterocycles. The smallest absolute Gasteiger partial charge is 0.291 e. The van der Waals surface area contributed by atoms with Crippen LogP contribution in [0, 0.1) is 5.82 Å². The number of carbonyl (C=O) groups excluding carboxylic acids is 1. The molecule has 0 unspecified atom stereocenters. The summed E-state index contributed by atoms with van der Waals surface area (Å²) in [5.41, 5.74) is 0.185. The average Bonchev–Trinajstić information content (AvgIpc) is 3.02. The molecule has 1 amide bonds. The molecule has 5 nitrogen and oxygen atoms in total. The highest BCUT2D eigenvalue weighted by molar-refractivity contribution is 6.31. The molecule has 7 heteroatoms. The first-order valence-electron chi connectivity index (χ1n) is 7.03. The Hall–Kier alpha value is -2.86. The van der Waals surface area contributed by atoms with Crippen LogP contribution < -0.4 is 10.9 Å². The van der Waals surface area contributed by atoms with Gasteiger partial charge in [-0.05, 0) is 36.4 Å². The molecule has 2 aromatic heterocycles. The van der Waals surface area contributed by atoms with Crippen molar-refractivity contribution >= 4 is 23.2 Å². The molecule has 0 aliphatic rings. The maximum Gasteiger partial charge on any atom is 0.291 e. The van der Waals surface area contributed by atoms with Crippen molar-refractivity contribution in [3.63, 3.8) is 0 Å². The minimum atomic E-state index is -0.566. The van der Waals surface area contributed by atoms with Gasteiger partial charge in [0.25, 0.3) is 11.5 Å². The molecule has 0 radical (unpaired) electrons. The van der Waals surface area contributed by atoms with Crippen LogP contribution in [-0.4, -0.2) is 10.5 Å². The highest BCUT2D eigenvalue weighted by Gasteiger charge is 2.13. The molecule has 3 rings (SSSR count). The van der Waals surface area contributed by atoms with Crippen molar-refractivity contribution in [2.45, 2.75) is 6.54 Å². The summed E-state index contributed by atoms with van der Waals surface area (Å²) < 4.78 is 20.0. The molecule has 0 spiro atoms. The summed E-state index contributed by atoms with van der Waals surface area (Å²) in [4.78, 5) is 23.8. The summed E-state index contributed by atoms with van der Waals surface area (Å²) in [6, 6.07) is 11.8. The third kappa shape index (κ3) is 3.55. The first-order valence-corrected chi connectivity index (χ1v) is 7.41. The van der Waals surface area contributed by atoms with E-state index in [0.717, 1.165) is 6.07 Å². The summed E-state index contributed by atoms with van der Waals surface area (Å²) >= 11 is 5.67. The van der Waals surface area contributed by atoms with Gasteiger partial charge in [0.1, 0.15) is 11.6 Å². The zero-order chi connectivity index (χ0) is 17.1. The van der Waals surface area contributed by atoms with Gasteiger partial charge < -0.3 is 14.3 Å². The van der Waals surface area contributed by atoms with Crippen molar-refractivity contribution in [1.82, 2.24) is 4.57 Å². The van der Waals surface area contributed by atoms with Crippen LogP contribution in [0.25, 0.3) is 0 Å². The predicted octanol–water partition coefficient (Wildman–Crippen LogP) is 3.53. The van der Waals surface area contributed by atoms with Crippen LogP contribution >= 0.6 is 11.6 Å². The fourth-order valence-corrected chi connectivity index (χ4v) is 2.29. The lowest BCUT2D eigenvalue weighted by atomic mass is 10.3. The van der Waals surface area contributed by atoms with Gasteiger partial charge in [-0.3, -0.25) is 9.59 Å². The number of aromatic nitrogens is 1. The van der Waals surface area contributed by atoms with E-state index in [0.29, 0.717) is 11.4 Å². The fourth-order valence-electron chi connectivity index (χ4n) is 2.11. The lowest BCUT2D eigenvalue weighted by Gasteiger charge is -2.04. The summed E-state index contributed by atoms with van der Waals surface area (Å²) in [6.07, 6.45) is 1.63. The van der Waals surface area contributed by atoms with Crippen molar-refractivity contribution in [1.29, 1.82) is 0 Å². The number of nitrogens with one attached hydrogen (secondary N) is 1. The maximum absolute atomic E-state index is 13.1. The Morgan fingerprint density at radius 1 is 1.21 bits per heavy atom. The number of nitrogens with zero attached hydrogens (tertiary/aromatic N) is 1. The largest absolute Gasteiger partial charge is 0.454 e. The van der Waals surface area contributed by atoms with Crippen LogP contribution in [0.1, 0.15) is 16.3 Å². The molecule has 0 saturated heterocycles. The molecule has 0 aliphatic heterocycles. The van der Waals surface area contributed by atoms with E-state index in [2.05, 4.69) is 5.32 Å². The summed E-state index contributed by atoms with van der Waals surface area (Å²) in [7, 11) is 0. The highest BCUT2D eigenvalue weighted by Crippen LogP contribution is 2.20. The Balaban J connectivity index is 1.73. The van der Waals surface area contributed by atoms with Gasteiger partial charge in [0.15, 0.2) is 5.76 Å². The third-order valence-electron chi connectivity index (χ3n) is 3.29. The molecular formula is C17H12ClFN2O3. The van der Waals surface area contributed by atoms with Crippen molar-refractivity contribution in [3.05, 3.63) is 87.4 Å². The summed E-state index contributed by atoms with van der Waals surface area (Å²) in [5, 5.41) is 2.48. The molecule has 24 heavy (non-hydrogen) atoms. The molecule has 1 aromatic carbocycles. The number of benzene rings is 1. The Bertz CT molecular complexity index is 949. The second kappa shape index (κ2) is 6.72. The van der Waals surface area contributed by atoms with Crippen molar-refractivity contribution in [3.8, 4) is 0 Å². The topological polar surface area (TPSA) is 64.2 Å². The van der Waals surface area contributed by atoms with Crippen LogP contribution in [0.4, 0.5) is 10.1 Å². The van der Waals surface area contributed by atoms with E-state index in [9.17, 15) is 14.0 Å². The Morgan fingerprint density at radius 3 is 2.79 bits per heavy atom. The van der Waals surface area contributed by atoms with Crippen molar-refractivity contribution < 1.29 is 13.6 Å². The number of rotatable bonds is 4. The quantitative estimate of drug-likeness (QED) is 0.786. The number of carbonyl (C=O) groups is 1. The van der Waals surface area contributed by atoms with E-state index in [1.165, 1.54) is 28.8 Å². The number of halogens is 2. The number of amides is 1. The van der Waals surface area contributed by atoms with Gasteiger partial charge in [0, 0.05) is 18.0 Å². The summed E-state index contributed by atoms with van der Waals surface area (Å²) in [6.45, 7) is 0.218. The first-order chi connectivity index (χ1) is 11.5. The van der Waals surface area contributed by atoms with Crippen LogP contribution in [-0.2, 0) is 6.54 Å². The van der Waals surface area contributed by atoms with Gasteiger partial charge in [-0.25, -0.2) is 4.39 Å². The summed E-state index contributed by atoms with van der Waals surface area (Å²) in [5.74, 6) is -0.521. The molecule has 0 fully saturated rings. The second-order valence-electron chi connectivity index (χ2n) is 5.02. The first kappa shape index (κ1) is 16.0. The van der Waals surface area contributed by atoms with Crippen LogP contribution in [0.5, 0.6) is 0 Å². The molecule has 0 atom stereocenters. The molecular weight excluding hydrogens is 335 g/mol. The minimum Gasteiger partial charge on any atom is -0.454 e. The minimum absolute atomic E-state index is 0.0782. The maximum atomic E-state index is 13.1. The number of anilines is 1. The van der Waals surface area contributed by atoms with Crippen LogP contribution in [0.3, 0.4) is 0 Å². The van der Waals surface area contributed by atoms with Gasteiger partial charge >= 0.3 is 0 Å². The van der Waals surface area contributed by atoms with E-state index in [1.807, 2.05) is 0 Å². The lowest BCUT2D eigenvalue weighted by Crippen LogP contribution is -2.18. The van der Waals surface area contributed by atoms with Gasteiger partial charge in [-0.1, -0.05) is 17.7 Å². The Morgan fingerprint density at radius 2 is 2.04 bits per heavy atom. The number of furan rings is 1. The molecule has 0 bridgehead atoms. The lowest BCUT2D eigenvalue weighted by molar-refractivity contribution is 0.0994. The Kier molecular flexibility index (Phi) is 4.48. The molecule has 3 aromatic rings. The SMILES string of the molecule is O=C(Nc1ccc(F)c(Cl)c1)c1ccc(Cn2ccccc2=O)o1. The van der Waals surface area contributed by atoms with Crippen molar-refractivity contribution in [2.75, 3.05) is 5.32 Å².